The maximum Gasteiger partial charge on any atom is 0.116 e. The zero-order valence-electron chi connectivity index (χ0n) is 7.33. The van der Waals surface area contributed by atoms with Crippen LogP contribution in [0.4, 0.5) is 0 Å². The van der Waals surface area contributed by atoms with Crippen molar-refractivity contribution in [2.45, 2.75) is 12.8 Å². The zero-order chi connectivity index (χ0) is 9.10. The molecule has 0 unspecified atom stereocenters. The summed E-state index contributed by atoms with van der Waals surface area (Å²) in [6.07, 6.45) is 1.96. The third-order valence-electron chi connectivity index (χ3n) is 2.09. The Labute approximate surface area is 76.1 Å². The molecule has 68 valence electrons. The number of H-pyrrole nitrogens is 1. The molecule has 1 heterocycles. The van der Waals surface area contributed by atoms with E-state index >= 15 is 0 Å². The van der Waals surface area contributed by atoms with Crippen LogP contribution in [0.5, 0.6) is 0 Å². The Kier molecular flexibility index (Phi) is 2.23. The highest BCUT2D eigenvalue weighted by Crippen LogP contribution is 2.14. The van der Waals surface area contributed by atoms with E-state index in [-0.39, 0.29) is 0 Å². The van der Waals surface area contributed by atoms with Crippen LogP contribution in [-0.2, 0) is 6.42 Å². The minimum Gasteiger partial charge on any atom is -0.330 e. The molecule has 0 saturated carbocycles. The van der Waals surface area contributed by atoms with E-state index in [0.717, 1.165) is 23.9 Å². The number of nitrogens with zero attached hydrogens (tertiary/aromatic N) is 2. The van der Waals surface area contributed by atoms with Gasteiger partial charge in [-0.2, -0.15) is 0 Å². The number of hydrogen-bond acceptors (Lipinski definition) is 3. The smallest absolute Gasteiger partial charge is 0.116 e. The molecule has 0 saturated heterocycles. The summed E-state index contributed by atoms with van der Waals surface area (Å²) in [4.78, 5) is 0. The van der Waals surface area contributed by atoms with Crippen LogP contribution in [0.1, 0.15) is 12.0 Å². The topological polar surface area (TPSA) is 67.6 Å². The van der Waals surface area contributed by atoms with Crippen molar-refractivity contribution in [3.8, 4) is 0 Å². The fourth-order valence-corrected chi connectivity index (χ4v) is 1.42. The van der Waals surface area contributed by atoms with Gasteiger partial charge in [-0.15, -0.1) is 5.10 Å². The standard InChI is InChI=1S/C9H12N4/c10-6-2-4-7-3-1-5-8-9(7)12-13-11-8/h1,3,5H,2,4,6,10H2,(H,11,12,13). The van der Waals surface area contributed by atoms with Crippen LogP contribution < -0.4 is 5.73 Å². The lowest BCUT2D eigenvalue weighted by molar-refractivity contribution is 0.834. The Hall–Kier alpha value is -1.42. The third kappa shape index (κ3) is 1.53. The van der Waals surface area contributed by atoms with Gasteiger partial charge in [-0.1, -0.05) is 17.3 Å². The lowest BCUT2D eigenvalue weighted by atomic mass is 10.1. The van der Waals surface area contributed by atoms with Crippen molar-refractivity contribution in [2.75, 3.05) is 6.54 Å². The molecule has 3 N–H and O–H groups in total. The fourth-order valence-electron chi connectivity index (χ4n) is 1.42. The van der Waals surface area contributed by atoms with Crippen molar-refractivity contribution in [1.82, 2.24) is 15.4 Å². The average Bonchev–Trinajstić information content (AvgIpc) is 2.62. The van der Waals surface area contributed by atoms with E-state index in [0.29, 0.717) is 6.54 Å². The Morgan fingerprint density at radius 2 is 2.31 bits per heavy atom. The van der Waals surface area contributed by atoms with Crippen molar-refractivity contribution < 1.29 is 0 Å². The first-order valence-electron chi connectivity index (χ1n) is 4.40. The molecular formula is C9H12N4. The number of nitrogens with two attached hydrogens (primary N) is 1. The Morgan fingerprint density at radius 3 is 3.15 bits per heavy atom. The summed E-state index contributed by atoms with van der Waals surface area (Å²) in [6.45, 7) is 0.717. The summed E-state index contributed by atoms with van der Waals surface area (Å²) in [5.41, 5.74) is 8.63. The van der Waals surface area contributed by atoms with Crippen molar-refractivity contribution in [1.29, 1.82) is 0 Å². The number of nitrogens with one attached hydrogen (secondary N) is 1. The van der Waals surface area contributed by atoms with E-state index < -0.39 is 0 Å². The molecule has 0 amide bonds. The molecule has 0 fully saturated rings. The third-order valence-corrected chi connectivity index (χ3v) is 2.09. The highest BCUT2D eigenvalue weighted by molar-refractivity contribution is 5.77. The van der Waals surface area contributed by atoms with Crippen LogP contribution >= 0.6 is 0 Å². The highest BCUT2D eigenvalue weighted by Gasteiger charge is 2.02. The summed E-state index contributed by atoms with van der Waals surface area (Å²) in [5.74, 6) is 0. The molecular weight excluding hydrogens is 164 g/mol. The predicted molar refractivity (Wildman–Crippen MR) is 51.3 cm³/mol. The first-order chi connectivity index (χ1) is 6.42. The van der Waals surface area contributed by atoms with Gasteiger partial charge < -0.3 is 5.73 Å². The SMILES string of the molecule is NCCCc1cccc2[nH]nnc12. The van der Waals surface area contributed by atoms with E-state index in [1.807, 2.05) is 12.1 Å². The predicted octanol–water partition coefficient (Wildman–Crippen LogP) is 0.849. The molecule has 13 heavy (non-hydrogen) atoms. The summed E-state index contributed by atoms with van der Waals surface area (Å²) >= 11 is 0. The lowest BCUT2D eigenvalue weighted by Crippen LogP contribution is -2.00. The monoisotopic (exact) mass is 176 g/mol. The Bertz CT molecular complexity index is 393. The van der Waals surface area contributed by atoms with Crippen molar-refractivity contribution >= 4 is 11.0 Å². The fraction of sp³-hybridized carbons (Fsp3) is 0.333. The molecule has 0 aliphatic rings. The van der Waals surface area contributed by atoms with Gasteiger partial charge in [0.15, 0.2) is 0 Å². The van der Waals surface area contributed by atoms with Crippen LogP contribution in [0.25, 0.3) is 11.0 Å². The number of aryl methyl sites for hydroxylation is 1. The van der Waals surface area contributed by atoms with E-state index in [9.17, 15) is 0 Å². The summed E-state index contributed by atoms with van der Waals surface area (Å²) in [6, 6.07) is 6.05. The average molecular weight is 176 g/mol. The maximum atomic E-state index is 5.45. The van der Waals surface area contributed by atoms with Gasteiger partial charge in [0.1, 0.15) is 5.52 Å². The molecule has 0 radical (unpaired) electrons. The van der Waals surface area contributed by atoms with Gasteiger partial charge in [-0.25, -0.2) is 0 Å². The molecule has 4 heteroatoms. The second kappa shape index (κ2) is 3.53. The molecule has 1 aromatic carbocycles. The van der Waals surface area contributed by atoms with Gasteiger partial charge in [-0.3, -0.25) is 5.10 Å². The van der Waals surface area contributed by atoms with Gasteiger partial charge in [0.2, 0.25) is 0 Å². The molecule has 0 atom stereocenters. The second-order valence-corrected chi connectivity index (χ2v) is 3.02. The first kappa shape index (κ1) is 8.19. The number of benzene rings is 1. The van der Waals surface area contributed by atoms with Crippen molar-refractivity contribution in [3.63, 3.8) is 0 Å². The molecule has 4 nitrogen and oxygen atoms in total. The lowest BCUT2D eigenvalue weighted by Gasteiger charge is -1.98. The van der Waals surface area contributed by atoms with Crippen molar-refractivity contribution in [3.05, 3.63) is 23.8 Å². The largest absolute Gasteiger partial charge is 0.330 e. The van der Waals surface area contributed by atoms with E-state index in [4.69, 9.17) is 5.73 Å². The summed E-state index contributed by atoms with van der Waals surface area (Å²) in [7, 11) is 0. The van der Waals surface area contributed by atoms with Crippen LogP contribution in [0.3, 0.4) is 0 Å². The van der Waals surface area contributed by atoms with Gasteiger partial charge in [0, 0.05) is 0 Å². The van der Waals surface area contributed by atoms with Crippen LogP contribution in [0.2, 0.25) is 0 Å². The van der Waals surface area contributed by atoms with E-state index in [1.54, 1.807) is 0 Å². The molecule has 0 aliphatic carbocycles. The number of hydrogen-bond donors (Lipinski definition) is 2. The van der Waals surface area contributed by atoms with Gasteiger partial charge in [0.25, 0.3) is 0 Å². The van der Waals surface area contributed by atoms with E-state index in [2.05, 4.69) is 21.5 Å². The number of aromatic amines is 1. The summed E-state index contributed by atoms with van der Waals surface area (Å²) < 4.78 is 0. The molecule has 2 aromatic rings. The Balaban J connectivity index is 2.37. The second-order valence-electron chi connectivity index (χ2n) is 3.02. The van der Waals surface area contributed by atoms with Crippen LogP contribution in [0, 0.1) is 0 Å². The zero-order valence-corrected chi connectivity index (χ0v) is 7.33. The van der Waals surface area contributed by atoms with Gasteiger partial charge >= 0.3 is 0 Å². The Morgan fingerprint density at radius 1 is 1.38 bits per heavy atom. The van der Waals surface area contributed by atoms with E-state index in [1.165, 1.54) is 5.56 Å². The molecule has 0 bridgehead atoms. The summed E-state index contributed by atoms with van der Waals surface area (Å²) in [5, 5.41) is 10.6. The quantitative estimate of drug-likeness (QED) is 0.728. The van der Waals surface area contributed by atoms with Crippen LogP contribution in [0.15, 0.2) is 18.2 Å². The van der Waals surface area contributed by atoms with Gasteiger partial charge in [0.05, 0.1) is 5.52 Å². The number of aromatic nitrogens is 3. The minimum absolute atomic E-state index is 0.717. The maximum absolute atomic E-state index is 5.45. The normalized spacial score (nSPS) is 10.8. The van der Waals surface area contributed by atoms with Crippen molar-refractivity contribution in [2.24, 2.45) is 5.73 Å². The molecule has 0 aliphatic heterocycles. The first-order valence-corrected chi connectivity index (χ1v) is 4.40. The van der Waals surface area contributed by atoms with Crippen LogP contribution in [-0.4, -0.2) is 22.0 Å². The minimum atomic E-state index is 0.717. The highest BCUT2D eigenvalue weighted by atomic mass is 15.3. The number of fused-ring (bicyclic) bond motifs is 1. The molecule has 2 rings (SSSR count). The van der Waals surface area contributed by atoms with Gasteiger partial charge in [-0.05, 0) is 31.0 Å². The number of rotatable bonds is 3. The molecule has 1 aromatic heterocycles. The molecule has 0 spiro atoms.